The predicted octanol–water partition coefficient (Wildman–Crippen LogP) is 2.39. The normalized spacial score (nSPS) is 11.2. The van der Waals surface area contributed by atoms with Gasteiger partial charge in [0, 0.05) is 18.9 Å². The van der Waals surface area contributed by atoms with Crippen LogP contribution in [0.15, 0.2) is 18.2 Å². The Kier molecular flexibility index (Phi) is 5.37. The number of alkyl halides is 3. The van der Waals surface area contributed by atoms with Crippen LogP contribution in [0.4, 0.5) is 18.9 Å². The van der Waals surface area contributed by atoms with Crippen molar-refractivity contribution in [3.8, 4) is 5.75 Å². The summed E-state index contributed by atoms with van der Waals surface area (Å²) in [5.74, 6) is 0.0608. The van der Waals surface area contributed by atoms with Crippen molar-refractivity contribution in [3.63, 3.8) is 0 Å². The van der Waals surface area contributed by atoms with Crippen molar-refractivity contribution in [2.24, 2.45) is 5.73 Å². The number of nitrogens with one attached hydrogen (secondary N) is 1. The van der Waals surface area contributed by atoms with Crippen molar-refractivity contribution in [2.75, 3.05) is 25.6 Å². The standard InChI is InChI=1S/C11H13F3N2O2S/c1-17-2-3-18-9-5-7(11(12,13)14)4-8(6-9)16-10(15)19/h4-6H,2-3H2,1H3,(H3,15,16,19). The fourth-order valence-electron chi connectivity index (χ4n) is 1.30. The Balaban J connectivity index is 2.98. The number of thiocarbonyl (C=S) groups is 1. The van der Waals surface area contributed by atoms with Gasteiger partial charge in [-0.05, 0) is 24.4 Å². The summed E-state index contributed by atoms with van der Waals surface area (Å²) >= 11 is 4.59. The van der Waals surface area contributed by atoms with Crippen LogP contribution in [0.5, 0.6) is 5.75 Å². The average molecular weight is 294 g/mol. The maximum atomic E-state index is 12.7. The number of anilines is 1. The smallest absolute Gasteiger partial charge is 0.416 e. The van der Waals surface area contributed by atoms with E-state index in [-0.39, 0.29) is 29.8 Å². The van der Waals surface area contributed by atoms with E-state index in [2.05, 4.69) is 17.5 Å². The lowest BCUT2D eigenvalue weighted by atomic mass is 10.2. The molecule has 0 fully saturated rings. The molecule has 0 atom stereocenters. The molecule has 0 amide bonds. The van der Waals surface area contributed by atoms with Gasteiger partial charge in [0.05, 0.1) is 12.2 Å². The predicted molar refractivity (Wildman–Crippen MR) is 69.2 cm³/mol. The van der Waals surface area contributed by atoms with Crippen molar-refractivity contribution in [2.45, 2.75) is 6.18 Å². The molecular weight excluding hydrogens is 281 g/mol. The van der Waals surface area contributed by atoms with E-state index in [9.17, 15) is 13.2 Å². The number of hydrogen-bond acceptors (Lipinski definition) is 3. The summed E-state index contributed by atoms with van der Waals surface area (Å²) in [7, 11) is 1.47. The first-order valence-electron chi connectivity index (χ1n) is 5.23. The van der Waals surface area contributed by atoms with E-state index in [4.69, 9.17) is 15.2 Å². The molecule has 1 aromatic rings. The first-order valence-corrected chi connectivity index (χ1v) is 5.64. The summed E-state index contributed by atoms with van der Waals surface area (Å²) < 4.78 is 48.0. The fourth-order valence-corrected chi connectivity index (χ4v) is 1.42. The summed E-state index contributed by atoms with van der Waals surface area (Å²) in [5.41, 5.74) is 4.51. The van der Waals surface area contributed by atoms with Crippen molar-refractivity contribution in [3.05, 3.63) is 23.8 Å². The molecule has 0 heterocycles. The lowest BCUT2D eigenvalue weighted by Crippen LogP contribution is -2.19. The third-order valence-electron chi connectivity index (χ3n) is 2.06. The van der Waals surface area contributed by atoms with Crippen LogP contribution in [0.1, 0.15) is 5.56 Å². The topological polar surface area (TPSA) is 56.5 Å². The molecule has 0 unspecified atom stereocenters. The highest BCUT2D eigenvalue weighted by atomic mass is 32.1. The first kappa shape index (κ1) is 15.5. The summed E-state index contributed by atoms with van der Waals surface area (Å²) in [6.45, 7) is 0.415. The second-order valence-corrected chi connectivity index (χ2v) is 4.01. The molecule has 0 aliphatic carbocycles. The monoisotopic (exact) mass is 294 g/mol. The highest BCUT2D eigenvalue weighted by molar-refractivity contribution is 7.80. The Morgan fingerprint density at radius 2 is 2.00 bits per heavy atom. The molecule has 0 radical (unpaired) electrons. The molecule has 1 aromatic carbocycles. The number of hydrogen-bond donors (Lipinski definition) is 2. The largest absolute Gasteiger partial charge is 0.491 e. The van der Waals surface area contributed by atoms with Gasteiger partial charge in [0.15, 0.2) is 5.11 Å². The van der Waals surface area contributed by atoms with E-state index < -0.39 is 11.7 Å². The van der Waals surface area contributed by atoms with Gasteiger partial charge in [-0.1, -0.05) is 0 Å². The van der Waals surface area contributed by atoms with E-state index >= 15 is 0 Å². The van der Waals surface area contributed by atoms with E-state index in [0.717, 1.165) is 12.1 Å². The lowest BCUT2D eigenvalue weighted by molar-refractivity contribution is -0.137. The van der Waals surface area contributed by atoms with Crippen LogP contribution >= 0.6 is 12.2 Å². The molecule has 106 valence electrons. The SMILES string of the molecule is COCCOc1cc(NC(N)=S)cc(C(F)(F)F)c1. The molecule has 3 N–H and O–H groups in total. The maximum absolute atomic E-state index is 12.7. The molecule has 8 heteroatoms. The molecule has 0 saturated carbocycles. The molecule has 0 spiro atoms. The molecule has 0 aromatic heterocycles. The van der Waals surface area contributed by atoms with E-state index in [0.29, 0.717) is 0 Å². The first-order chi connectivity index (χ1) is 8.82. The Morgan fingerprint density at radius 1 is 1.32 bits per heavy atom. The van der Waals surface area contributed by atoms with Gasteiger partial charge in [0.25, 0.3) is 0 Å². The number of methoxy groups -OCH3 is 1. The third kappa shape index (κ3) is 5.31. The van der Waals surface area contributed by atoms with Crippen molar-refractivity contribution >= 4 is 23.0 Å². The second-order valence-electron chi connectivity index (χ2n) is 3.57. The van der Waals surface area contributed by atoms with Crippen LogP contribution in [0.25, 0.3) is 0 Å². The highest BCUT2D eigenvalue weighted by Gasteiger charge is 2.31. The summed E-state index contributed by atoms with van der Waals surface area (Å²) in [4.78, 5) is 0. The van der Waals surface area contributed by atoms with Crippen LogP contribution in [0.2, 0.25) is 0 Å². The lowest BCUT2D eigenvalue weighted by Gasteiger charge is -2.13. The second kappa shape index (κ2) is 6.58. The van der Waals surface area contributed by atoms with Gasteiger partial charge in [-0.3, -0.25) is 0 Å². The number of ether oxygens (including phenoxy) is 2. The fraction of sp³-hybridized carbons (Fsp3) is 0.364. The van der Waals surface area contributed by atoms with Crippen LogP contribution in [0.3, 0.4) is 0 Å². The van der Waals surface area contributed by atoms with Crippen molar-refractivity contribution < 1.29 is 22.6 Å². The maximum Gasteiger partial charge on any atom is 0.416 e. The van der Waals surface area contributed by atoms with Crippen LogP contribution in [-0.4, -0.2) is 25.4 Å². The third-order valence-corrected chi connectivity index (χ3v) is 2.16. The summed E-state index contributed by atoms with van der Waals surface area (Å²) in [6, 6.07) is 3.19. The van der Waals surface area contributed by atoms with Crippen molar-refractivity contribution in [1.82, 2.24) is 0 Å². The molecule has 4 nitrogen and oxygen atoms in total. The molecule has 0 aliphatic rings. The van der Waals surface area contributed by atoms with Crippen LogP contribution < -0.4 is 15.8 Å². The Morgan fingerprint density at radius 3 is 2.53 bits per heavy atom. The van der Waals surface area contributed by atoms with E-state index in [1.54, 1.807) is 0 Å². The minimum Gasteiger partial charge on any atom is -0.491 e. The van der Waals surface area contributed by atoms with Gasteiger partial charge in [-0.15, -0.1) is 0 Å². The quantitative estimate of drug-likeness (QED) is 0.645. The minimum atomic E-state index is -4.48. The average Bonchev–Trinajstić information content (AvgIpc) is 2.27. The Labute approximate surface area is 113 Å². The molecule has 0 saturated heterocycles. The molecule has 1 rings (SSSR count). The van der Waals surface area contributed by atoms with Gasteiger partial charge in [-0.2, -0.15) is 13.2 Å². The van der Waals surface area contributed by atoms with E-state index in [1.165, 1.54) is 13.2 Å². The minimum absolute atomic E-state index is 0.0608. The summed E-state index contributed by atoms with van der Waals surface area (Å²) in [5, 5.41) is 2.32. The molecule has 19 heavy (non-hydrogen) atoms. The summed E-state index contributed by atoms with van der Waals surface area (Å²) in [6.07, 6.45) is -4.48. The highest BCUT2D eigenvalue weighted by Crippen LogP contribution is 2.34. The Hall–Kier alpha value is -1.54. The van der Waals surface area contributed by atoms with E-state index in [1.807, 2.05) is 0 Å². The van der Waals surface area contributed by atoms with Crippen LogP contribution in [-0.2, 0) is 10.9 Å². The zero-order valence-corrected chi connectivity index (χ0v) is 10.9. The van der Waals surface area contributed by atoms with Gasteiger partial charge in [-0.25, -0.2) is 0 Å². The molecule has 0 bridgehead atoms. The molecular formula is C11H13F3N2O2S. The zero-order valence-electron chi connectivity index (χ0n) is 10.1. The number of nitrogens with two attached hydrogens (primary N) is 1. The number of rotatable bonds is 5. The Bertz CT molecular complexity index is 452. The zero-order chi connectivity index (χ0) is 14.5. The van der Waals surface area contributed by atoms with Crippen LogP contribution in [0, 0.1) is 0 Å². The number of benzene rings is 1. The van der Waals surface area contributed by atoms with Gasteiger partial charge < -0.3 is 20.5 Å². The van der Waals surface area contributed by atoms with Gasteiger partial charge in [0.1, 0.15) is 12.4 Å². The molecule has 0 aliphatic heterocycles. The van der Waals surface area contributed by atoms with Gasteiger partial charge >= 0.3 is 6.18 Å². The number of halogens is 3. The van der Waals surface area contributed by atoms with Gasteiger partial charge in [0.2, 0.25) is 0 Å². The van der Waals surface area contributed by atoms with Crippen molar-refractivity contribution in [1.29, 1.82) is 0 Å².